The second-order valence-corrected chi connectivity index (χ2v) is 6.99. The molecule has 0 spiro atoms. The number of hydrogen-bond donors (Lipinski definition) is 1. The first-order chi connectivity index (χ1) is 13.2. The summed E-state index contributed by atoms with van der Waals surface area (Å²) < 4.78 is 18.3. The van der Waals surface area contributed by atoms with Gasteiger partial charge >= 0.3 is 0 Å². The standard InChI is InChI=1S/C20H18FN3O2S/c21-16-5-1-15(2-6-16)19(25)22-17-7-3-14(4-8-17)18-13-27-20(23-18)24-9-11-26-12-10-24/h1-8,13H,9-12H2,(H,22,25). The second kappa shape index (κ2) is 7.85. The minimum Gasteiger partial charge on any atom is -0.378 e. The number of ether oxygens (including phenoxy) is 1. The molecule has 1 aliphatic rings. The molecule has 1 saturated heterocycles. The Morgan fingerprint density at radius 1 is 1.07 bits per heavy atom. The highest BCUT2D eigenvalue weighted by Crippen LogP contribution is 2.28. The lowest BCUT2D eigenvalue weighted by Crippen LogP contribution is -2.36. The maximum atomic E-state index is 13.0. The van der Waals surface area contributed by atoms with Crippen LogP contribution in [-0.4, -0.2) is 37.2 Å². The fraction of sp³-hybridized carbons (Fsp3) is 0.200. The maximum absolute atomic E-state index is 13.0. The molecule has 0 bridgehead atoms. The van der Waals surface area contributed by atoms with Crippen LogP contribution in [0, 0.1) is 5.82 Å². The molecule has 0 atom stereocenters. The minimum absolute atomic E-state index is 0.272. The van der Waals surface area contributed by atoms with Crippen molar-refractivity contribution in [1.29, 1.82) is 0 Å². The summed E-state index contributed by atoms with van der Waals surface area (Å²) in [4.78, 5) is 19.1. The Bertz CT molecular complexity index is 919. The van der Waals surface area contributed by atoms with Crippen LogP contribution < -0.4 is 10.2 Å². The Labute approximate surface area is 160 Å². The van der Waals surface area contributed by atoms with Crippen molar-refractivity contribution in [3.8, 4) is 11.3 Å². The third-order valence-electron chi connectivity index (χ3n) is 4.32. The van der Waals surface area contributed by atoms with Crippen LogP contribution in [-0.2, 0) is 4.74 Å². The van der Waals surface area contributed by atoms with E-state index >= 15 is 0 Å². The van der Waals surface area contributed by atoms with Crippen molar-refractivity contribution >= 4 is 28.1 Å². The molecule has 7 heteroatoms. The molecular weight excluding hydrogens is 365 g/mol. The van der Waals surface area contributed by atoms with Crippen LogP contribution in [0.3, 0.4) is 0 Å². The van der Waals surface area contributed by atoms with Gasteiger partial charge in [-0.05, 0) is 36.4 Å². The van der Waals surface area contributed by atoms with Gasteiger partial charge in [0, 0.05) is 35.3 Å². The number of nitrogens with zero attached hydrogens (tertiary/aromatic N) is 2. The molecule has 27 heavy (non-hydrogen) atoms. The van der Waals surface area contributed by atoms with Crippen molar-refractivity contribution in [1.82, 2.24) is 4.98 Å². The quantitative estimate of drug-likeness (QED) is 0.739. The average molecular weight is 383 g/mol. The number of morpholine rings is 1. The van der Waals surface area contributed by atoms with Crippen molar-refractivity contribution in [2.24, 2.45) is 0 Å². The minimum atomic E-state index is -0.365. The van der Waals surface area contributed by atoms with E-state index < -0.39 is 0 Å². The molecule has 0 aliphatic carbocycles. The van der Waals surface area contributed by atoms with Gasteiger partial charge < -0.3 is 15.0 Å². The van der Waals surface area contributed by atoms with Crippen molar-refractivity contribution in [2.75, 3.05) is 36.5 Å². The SMILES string of the molecule is O=C(Nc1ccc(-c2csc(N3CCOCC3)n2)cc1)c1ccc(F)cc1. The highest BCUT2D eigenvalue weighted by Gasteiger charge is 2.15. The van der Waals surface area contributed by atoms with Crippen LogP contribution in [0.5, 0.6) is 0 Å². The molecule has 4 rings (SSSR count). The van der Waals surface area contributed by atoms with Gasteiger partial charge in [0.2, 0.25) is 0 Å². The van der Waals surface area contributed by atoms with E-state index in [2.05, 4.69) is 10.2 Å². The molecule has 1 amide bonds. The predicted molar refractivity (Wildman–Crippen MR) is 105 cm³/mol. The van der Waals surface area contributed by atoms with E-state index in [1.807, 2.05) is 29.6 Å². The molecule has 1 fully saturated rings. The summed E-state index contributed by atoms with van der Waals surface area (Å²) in [7, 11) is 0. The van der Waals surface area contributed by atoms with Crippen molar-refractivity contribution < 1.29 is 13.9 Å². The van der Waals surface area contributed by atoms with Gasteiger partial charge in [0.1, 0.15) is 5.82 Å². The molecule has 138 valence electrons. The van der Waals surface area contributed by atoms with Crippen LogP contribution in [0.25, 0.3) is 11.3 Å². The van der Waals surface area contributed by atoms with E-state index in [0.29, 0.717) is 11.3 Å². The first-order valence-corrected chi connectivity index (χ1v) is 9.52. The molecule has 1 aliphatic heterocycles. The lowest BCUT2D eigenvalue weighted by Gasteiger charge is -2.26. The fourth-order valence-corrected chi connectivity index (χ4v) is 3.71. The first-order valence-electron chi connectivity index (χ1n) is 8.64. The van der Waals surface area contributed by atoms with Gasteiger partial charge in [-0.2, -0.15) is 0 Å². The monoisotopic (exact) mass is 383 g/mol. The van der Waals surface area contributed by atoms with Crippen LogP contribution in [0.1, 0.15) is 10.4 Å². The predicted octanol–water partition coefficient (Wildman–Crippen LogP) is 4.04. The smallest absolute Gasteiger partial charge is 0.255 e. The lowest BCUT2D eigenvalue weighted by molar-refractivity contribution is 0.102. The van der Waals surface area contributed by atoms with Crippen molar-refractivity contribution in [3.05, 3.63) is 65.3 Å². The summed E-state index contributed by atoms with van der Waals surface area (Å²) in [5.41, 5.74) is 3.00. The zero-order valence-electron chi connectivity index (χ0n) is 14.5. The summed E-state index contributed by atoms with van der Waals surface area (Å²) in [6.45, 7) is 3.19. The fourth-order valence-electron chi connectivity index (χ4n) is 2.83. The van der Waals surface area contributed by atoms with Gasteiger partial charge in [0.15, 0.2) is 5.13 Å². The topological polar surface area (TPSA) is 54.5 Å². The van der Waals surface area contributed by atoms with Crippen LogP contribution in [0.15, 0.2) is 53.9 Å². The van der Waals surface area contributed by atoms with Crippen LogP contribution in [0.4, 0.5) is 15.2 Å². The number of thiazole rings is 1. The molecule has 2 heterocycles. The summed E-state index contributed by atoms with van der Waals surface area (Å²) in [6.07, 6.45) is 0. The molecule has 0 radical (unpaired) electrons. The number of benzene rings is 2. The number of rotatable bonds is 4. The zero-order chi connectivity index (χ0) is 18.6. The molecule has 3 aromatic rings. The van der Waals surface area contributed by atoms with Gasteiger partial charge in [-0.1, -0.05) is 12.1 Å². The number of carbonyl (C=O) groups is 1. The molecule has 0 saturated carbocycles. The highest BCUT2D eigenvalue weighted by molar-refractivity contribution is 7.14. The number of aromatic nitrogens is 1. The molecule has 5 nitrogen and oxygen atoms in total. The van der Waals surface area contributed by atoms with Crippen molar-refractivity contribution in [2.45, 2.75) is 0 Å². The van der Waals surface area contributed by atoms with E-state index in [0.717, 1.165) is 42.7 Å². The summed E-state index contributed by atoms with van der Waals surface area (Å²) in [6, 6.07) is 13.0. The van der Waals surface area contributed by atoms with E-state index in [1.165, 1.54) is 24.3 Å². The number of hydrogen-bond acceptors (Lipinski definition) is 5. The third-order valence-corrected chi connectivity index (χ3v) is 5.22. The molecular formula is C20H18FN3O2S. The van der Waals surface area contributed by atoms with Crippen molar-refractivity contribution in [3.63, 3.8) is 0 Å². The van der Waals surface area contributed by atoms with Gasteiger partial charge in [-0.15, -0.1) is 11.3 Å². The summed E-state index contributed by atoms with van der Waals surface area (Å²) >= 11 is 1.62. The Morgan fingerprint density at radius 3 is 2.48 bits per heavy atom. The van der Waals surface area contributed by atoms with Gasteiger partial charge in [0.25, 0.3) is 5.91 Å². The Kier molecular flexibility index (Phi) is 5.13. The van der Waals surface area contributed by atoms with E-state index in [-0.39, 0.29) is 11.7 Å². The van der Waals surface area contributed by atoms with E-state index in [1.54, 1.807) is 11.3 Å². The van der Waals surface area contributed by atoms with E-state index in [9.17, 15) is 9.18 Å². The number of carbonyl (C=O) groups excluding carboxylic acids is 1. The molecule has 1 N–H and O–H groups in total. The van der Waals surface area contributed by atoms with Crippen LogP contribution >= 0.6 is 11.3 Å². The third kappa shape index (κ3) is 4.15. The zero-order valence-corrected chi connectivity index (χ0v) is 15.3. The normalized spacial score (nSPS) is 14.2. The molecule has 2 aromatic carbocycles. The highest BCUT2D eigenvalue weighted by atomic mass is 32.1. The van der Waals surface area contributed by atoms with Gasteiger partial charge in [-0.3, -0.25) is 4.79 Å². The summed E-state index contributed by atoms with van der Waals surface area (Å²) in [5.74, 6) is -0.637. The van der Waals surface area contributed by atoms with Gasteiger partial charge in [0.05, 0.1) is 18.9 Å². The second-order valence-electron chi connectivity index (χ2n) is 6.15. The van der Waals surface area contributed by atoms with Crippen LogP contribution in [0.2, 0.25) is 0 Å². The molecule has 1 aromatic heterocycles. The van der Waals surface area contributed by atoms with Gasteiger partial charge in [-0.25, -0.2) is 9.37 Å². The Hall–Kier alpha value is -2.77. The van der Waals surface area contributed by atoms with E-state index in [4.69, 9.17) is 9.72 Å². The number of nitrogens with one attached hydrogen (secondary N) is 1. The number of anilines is 2. The lowest BCUT2D eigenvalue weighted by atomic mass is 10.1. The first kappa shape index (κ1) is 17.6. The Morgan fingerprint density at radius 2 is 1.78 bits per heavy atom. The maximum Gasteiger partial charge on any atom is 0.255 e. The average Bonchev–Trinajstić information content (AvgIpc) is 3.20. The molecule has 0 unspecified atom stereocenters. The summed E-state index contributed by atoms with van der Waals surface area (Å²) in [5, 5.41) is 5.85. The Balaban J connectivity index is 1.43. The number of halogens is 1. The number of amides is 1. The largest absolute Gasteiger partial charge is 0.378 e.